The summed E-state index contributed by atoms with van der Waals surface area (Å²) in [6.45, 7) is 0. The lowest BCUT2D eigenvalue weighted by Crippen LogP contribution is -2.13. The van der Waals surface area contributed by atoms with Crippen molar-refractivity contribution in [1.29, 1.82) is 0 Å². The first-order valence-electron chi connectivity index (χ1n) is 5.95. The third-order valence-corrected chi connectivity index (χ3v) is 2.83. The number of nitrogens with two attached hydrogens (primary N) is 1. The van der Waals surface area contributed by atoms with Crippen LogP contribution in [0.15, 0.2) is 49.1 Å². The van der Waals surface area contributed by atoms with Gasteiger partial charge in [-0.15, -0.1) is 0 Å². The monoisotopic (exact) mass is 265 g/mol. The number of benzene rings is 1. The third-order valence-electron chi connectivity index (χ3n) is 2.83. The largest absolute Gasteiger partial charge is 0.396 e. The number of nitrogens with zero attached hydrogens (tertiary/aromatic N) is 3. The minimum absolute atomic E-state index is 0.254. The zero-order chi connectivity index (χ0) is 13.9. The number of hydrogen-bond donors (Lipinski definition) is 2. The van der Waals surface area contributed by atoms with Gasteiger partial charge in [-0.05, 0) is 24.3 Å². The van der Waals surface area contributed by atoms with Gasteiger partial charge in [-0.25, -0.2) is 0 Å². The molecule has 2 aromatic heterocycles. The van der Waals surface area contributed by atoms with Crippen molar-refractivity contribution in [3.05, 3.63) is 54.6 Å². The molecule has 0 atom stereocenters. The van der Waals surface area contributed by atoms with Crippen LogP contribution in [0.5, 0.6) is 0 Å². The van der Waals surface area contributed by atoms with Crippen molar-refractivity contribution >= 4 is 28.3 Å². The van der Waals surface area contributed by atoms with Crippen LogP contribution in [0.25, 0.3) is 11.0 Å². The minimum atomic E-state index is -0.254. The molecule has 1 aromatic carbocycles. The van der Waals surface area contributed by atoms with E-state index in [1.807, 2.05) is 0 Å². The van der Waals surface area contributed by atoms with Crippen LogP contribution in [-0.2, 0) is 0 Å². The number of rotatable bonds is 2. The van der Waals surface area contributed by atoms with Crippen molar-refractivity contribution in [2.45, 2.75) is 0 Å². The number of nitrogen functional groups attached to an aromatic ring is 1. The maximum absolute atomic E-state index is 12.2. The minimum Gasteiger partial charge on any atom is -0.396 e. The number of hydrogen-bond acceptors (Lipinski definition) is 5. The number of pyridine rings is 1. The van der Waals surface area contributed by atoms with Crippen LogP contribution in [0.4, 0.5) is 11.4 Å². The van der Waals surface area contributed by atoms with Gasteiger partial charge in [-0.3, -0.25) is 19.7 Å². The van der Waals surface area contributed by atoms with E-state index in [0.29, 0.717) is 22.5 Å². The van der Waals surface area contributed by atoms with E-state index in [1.54, 1.807) is 42.9 Å². The summed E-state index contributed by atoms with van der Waals surface area (Å²) in [4.78, 5) is 24.4. The van der Waals surface area contributed by atoms with Gasteiger partial charge in [0.1, 0.15) is 0 Å². The number of carbonyl (C=O) groups is 1. The number of anilines is 2. The molecule has 0 unspecified atom stereocenters. The first-order valence-corrected chi connectivity index (χ1v) is 5.95. The van der Waals surface area contributed by atoms with Crippen LogP contribution in [0, 0.1) is 0 Å². The maximum atomic E-state index is 12.2. The summed E-state index contributed by atoms with van der Waals surface area (Å²) < 4.78 is 0. The van der Waals surface area contributed by atoms with E-state index in [-0.39, 0.29) is 5.91 Å². The van der Waals surface area contributed by atoms with Gasteiger partial charge in [-0.2, -0.15) is 0 Å². The first-order chi connectivity index (χ1) is 9.74. The molecule has 0 saturated carbocycles. The lowest BCUT2D eigenvalue weighted by Gasteiger charge is -2.07. The fourth-order valence-corrected chi connectivity index (χ4v) is 1.82. The van der Waals surface area contributed by atoms with Crippen molar-refractivity contribution < 1.29 is 4.79 Å². The summed E-state index contributed by atoms with van der Waals surface area (Å²) in [5.41, 5.74) is 8.59. The van der Waals surface area contributed by atoms with Gasteiger partial charge < -0.3 is 11.1 Å². The standard InChI is InChI=1S/C14H11N5O/c15-10-8-16-4-3-11(10)19-14(20)9-1-2-12-13(7-9)18-6-5-17-12/h1-8H,15H2,(H,16,19,20). The third kappa shape index (κ3) is 2.26. The van der Waals surface area contributed by atoms with Gasteiger partial charge in [0.05, 0.1) is 28.6 Å². The van der Waals surface area contributed by atoms with E-state index in [9.17, 15) is 4.79 Å². The van der Waals surface area contributed by atoms with Gasteiger partial charge in [0, 0.05) is 24.2 Å². The molecule has 2 heterocycles. The second-order valence-electron chi connectivity index (χ2n) is 4.18. The number of aromatic nitrogens is 3. The molecule has 0 fully saturated rings. The molecule has 3 aromatic rings. The Bertz CT molecular complexity index is 787. The van der Waals surface area contributed by atoms with Crippen LogP contribution in [0.1, 0.15) is 10.4 Å². The van der Waals surface area contributed by atoms with E-state index in [1.165, 1.54) is 6.20 Å². The van der Waals surface area contributed by atoms with E-state index in [0.717, 1.165) is 5.52 Å². The Labute approximate surface area is 114 Å². The van der Waals surface area contributed by atoms with E-state index >= 15 is 0 Å². The second-order valence-corrected chi connectivity index (χ2v) is 4.18. The molecule has 0 bridgehead atoms. The topological polar surface area (TPSA) is 93.8 Å². The Kier molecular flexibility index (Phi) is 2.96. The number of nitrogens with one attached hydrogen (secondary N) is 1. The predicted molar refractivity (Wildman–Crippen MR) is 76.1 cm³/mol. The molecule has 1 amide bonds. The normalized spacial score (nSPS) is 10.4. The summed E-state index contributed by atoms with van der Waals surface area (Å²) in [5, 5.41) is 2.74. The fraction of sp³-hybridized carbons (Fsp3) is 0. The summed E-state index contributed by atoms with van der Waals surface area (Å²) in [7, 11) is 0. The highest BCUT2D eigenvalue weighted by Gasteiger charge is 2.09. The molecule has 98 valence electrons. The summed E-state index contributed by atoms with van der Waals surface area (Å²) in [6, 6.07) is 6.79. The lowest BCUT2D eigenvalue weighted by molar-refractivity contribution is 0.102. The number of carbonyl (C=O) groups excluding carboxylic acids is 1. The average molecular weight is 265 g/mol. The van der Waals surface area contributed by atoms with Crippen molar-refractivity contribution in [2.75, 3.05) is 11.1 Å². The predicted octanol–water partition coefficient (Wildman–Crippen LogP) is 1.86. The number of fused-ring (bicyclic) bond motifs is 1. The Morgan fingerprint density at radius 3 is 2.65 bits per heavy atom. The first kappa shape index (κ1) is 12.0. The van der Waals surface area contributed by atoms with Crippen molar-refractivity contribution in [3.8, 4) is 0 Å². The molecular formula is C14H11N5O. The van der Waals surface area contributed by atoms with Crippen LogP contribution in [0.2, 0.25) is 0 Å². The molecule has 0 spiro atoms. The van der Waals surface area contributed by atoms with E-state index in [2.05, 4.69) is 20.3 Å². The molecule has 3 N–H and O–H groups in total. The molecule has 0 aliphatic rings. The van der Waals surface area contributed by atoms with Crippen molar-refractivity contribution in [3.63, 3.8) is 0 Å². The average Bonchev–Trinajstić information content (AvgIpc) is 2.49. The van der Waals surface area contributed by atoms with Gasteiger partial charge >= 0.3 is 0 Å². The molecule has 0 saturated heterocycles. The highest BCUT2D eigenvalue weighted by molar-refractivity contribution is 6.07. The second kappa shape index (κ2) is 4.93. The number of amides is 1. The Hall–Kier alpha value is -3.02. The lowest BCUT2D eigenvalue weighted by atomic mass is 10.1. The summed E-state index contributed by atoms with van der Waals surface area (Å²) in [6.07, 6.45) is 6.25. The quantitative estimate of drug-likeness (QED) is 0.737. The molecule has 6 heteroatoms. The van der Waals surface area contributed by atoms with Gasteiger partial charge in [0.2, 0.25) is 0 Å². The van der Waals surface area contributed by atoms with Gasteiger partial charge in [0.25, 0.3) is 5.91 Å². The molecule has 6 nitrogen and oxygen atoms in total. The highest BCUT2D eigenvalue weighted by Crippen LogP contribution is 2.17. The Balaban J connectivity index is 1.91. The molecule has 20 heavy (non-hydrogen) atoms. The van der Waals surface area contributed by atoms with E-state index in [4.69, 9.17) is 5.73 Å². The van der Waals surface area contributed by atoms with Crippen LogP contribution in [-0.4, -0.2) is 20.9 Å². The summed E-state index contributed by atoms with van der Waals surface area (Å²) in [5.74, 6) is -0.254. The van der Waals surface area contributed by atoms with Crippen molar-refractivity contribution in [2.24, 2.45) is 0 Å². The zero-order valence-electron chi connectivity index (χ0n) is 10.4. The Morgan fingerprint density at radius 2 is 1.85 bits per heavy atom. The van der Waals surface area contributed by atoms with Crippen LogP contribution in [0.3, 0.4) is 0 Å². The molecular weight excluding hydrogens is 254 g/mol. The van der Waals surface area contributed by atoms with Crippen LogP contribution < -0.4 is 11.1 Å². The summed E-state index contributed by atoms with van der Waals surface area (Å²) >= 11 is 0. The van der Waals surface area contributed by atoms with Gasteiger partial charge in [0.15, 0.2) is 0 Å². The molecule has 0 radical (unpaired) electrons. The Morgan fingerprint density at radius 1 is 1.05 bits per heavy atom. The highest BCUT2D eigenvalue weighted by atomic mass is 16.1. The molecule has 0 aliphatic carbocycles. The fourth-order valence-electron chi connectivity index (χ4n) is 1.82. The molecule has 0 aliphatic heterocycles. The van der Waals surface area contributed by atoms with Crippen molar-refractivity contribution in [1.82, 2.24) is 15.0 Å². The zero-order valence-corrected chi connectivity index (χ0v) is 10.4. The van der Waals surface area contributed by atoms with E-state index < -0.39 is 0 Å². The SMILES string of the molecule is Nc1cnccc1NC(=O)c1ccc2nccnc2c1. The maximum Gasteiger partial charge on any atom is 0.255 e. The van der Waals surface area contributed by atoms with Crippen LogP contribution >= 0.6 is 0 Å². The molecule has 3 rings (SSSR count). The van der Waals surface area contributed by atoms with Gasteiger partial charge in [-0.1, -0.05) is 0 Å². The smallest absolute Gasteiger partial charge is 0.255 e.